The number of rotatable bonds is 3. The Bertz CT molecular complexity index is 779. The number of benzene rings is 1. The molecule has 130 valence electrons. The molecule has 1 amide bonds. The molecule has 0 radical (unpaired) electrons. The minimum absolute atomic E-state index is 0.200. The van der Waals surface area contributed by atoms with E-state index in [1.807, 2.05) is 0 Å². The van der Waals surface area contributed by atoms with Gasteiger partial charge < -0.3 is 5.32 Å². The zero-order valence-corrected chi connectivity index (χ0v) is 14.7. The summed E-state index contributed by atoms with van der Waals surface area (Å²) in [5, 5.41) is 9.86. The zero-order chi connectivity index (χ0) is 17.1. The molecule has 4 heteroatoms. The lowest BCUT2D eigenvalue weighted by Gasteiger charge is -2.61. The molecular weight excluding hydrogens is 310 g/mol. The molecule has 1 aromatic carbocycles. The van der Waals surface area contributed by atoms with Gasteiger partial charge in [0.2, 0.25) is 5.91 Å². The van der Waals surface area contributed by atoms with E-state index >= 15 is 0 Å². The first-order chi connectivity index (χ1) is 12.1. The average molecular weight is 335 g/mol. The standard InChI is InChI=1S/C21H25N3O/c1-14-2-4-17(5-3-14)20-7-15-6-16(8-20)10-21(9-15,13-20)19(25)24-18-11-22-23-12-18/h2-5,11-12,15-16H,6-10,13H2,1H3,(H,22,23)(H,24,25). The van der Waals surface area contributed by atoms with Gasteiger partial charge in [0.15, 0.2) is 0 Å². The second-order valence-corrected chi connectivity index (χ2v) is 8.83. The second-order valence-electron chi connectivity index (χ2n) is 8.83. The van der Waals surface area contributed by atoms with E-state index in [9.17, 15) is 4.79 Å². The van der Waals surface area contributed by atoms with Crippen molar-refractivity contribution in [2.45, 2.75) is 50.9 Å². The molecule has 2 aromatic rings. The Balaban J connectivity index is 1.50. The normalized spacial score (nSPS) is 35.7. The quantitative estimate of drug-likeness (QED) is 0.883. The van der Waals surface area contributed by atoms with Gasteiger partial charge in [-0.1, -0.05) is 29.8 Å². The van der Waals surface area contributed by atoms with E-state index in [1.165, 1.54) is 30.4 Å². The molecule has 4 bridgehead atoms. The van der Waals surface area contributed by atoms with E-state index in [4.69, 9.17) is 0 Å². The SMILES string of the molecule is Cc1ccc(C23CC4CC(CC(C(=O)Nc5cn[nH]c5)(C4)C2)C3)cc1. The van der Waals surface area contributed by atoms with Crippen LogP contribution in [0, 0.1) is 24.2 Å². The van der Waals surface area contributed by atoms with Crippen molar-refractivity contribution >= 4 is 11.6 Å². The number of hydrogen-bond donors (Lipinski definition) is 2. The van der Waals surface area contributed by atoms with Gasteiger partial charge in [0.1, 0.15) is 0 Å². The lowest BCUT2D eigenvalue weighted by atomic mass is 9.42. The topological polar surface area (TPSA) is 57.8 Å². The summed E-state index contributed by atoms with van der Waals surface area (Å²) in [6.07, 6.45) is 10.4. The van der Waals surface area contributed by atoms with Crippen LogP contribution >= 0.6 is 0 Å². The molecule has 0 spiro atoms. The van der Waals surface area contributed by atoms with Gasteiger partial charge >= 0.3 is 0 Å². The summed E-state index contributed by atoms with van der Waals surface area (Å²) in [4.78, 5) is 13.2. The smallest absolute Gasteiger partial charge is 0.230 e. The summed E-state index contributed by atoms with van der Waals surface area (Å²) >= 11 is 0. The van der Waals surface area contributed by atoms with Gasteiger partial charge in [-0.25, -0.2) is 0 Å². The number of hydrogen-bond acceptors (Lipinski definition) is 2. The highest BCUT2D eigenvalue weighted by atomic mass is 16.2. The van der Waals surface area contributed by atoms with Crippen molar-refractivity contribution in [2.24, 2.45) is 17.3 Å². The van der Waals surface area contributed by atoms with Crippen LogP contribution in [0.15, 0.2) is 36.7 Å². The van der Waals surface area contributed by atoms with Gasteiger partial charge in [0, 0.05) is 6.20 Å². The minimum atomic E-state index is -0.202. The van der Waals surface area contributed by atoms with Crippen molar-refractivity contribution in [3.63, 3.8) is 0 Å². The lowest BCUT2D eigenvalue weighted by Crippen LogP contribution is -2.57. The Labute approximate surface area is 148 Å². The molecule has 1 heterocycles. The van der Waals surface area contributed by atoms with Crippen LogP contribution in [0.3, 0.4) is 0 Å². The van der Waals surface area contributed by atoms with Crippen LogP contribution in [0.4, 0.5) is 5.69 Å². The van der Waals surface area contributed by atoms with Crippen LogP contribution in [0.1, 0.15) is 49.7 Å². The molecule has 4 nitrogen and oxygen atoms in total. The molecule has 0 saturated heterocycles. The number of carbonyl (C=O) groups is 1. The third-order valence-electron chi connectivity index (χ3n) is 6.96. The van der Waals surface area contributed by atoms with Gasteiger partial charge in [-0.3, -0.25) is 9.89 Å². The Morgan fingerprint density at radius 1 is 1.16 bits per heavy atom. The largest absolute Gasteiger partial charge is 0.323 e. The van der Waals surface area contributed by atoms with Crippen LogP contribution in [0.2, 0.25) is 0 Å². The Morgan fingerprint density at radius 2 is 1.88 bits per heavy atom. The number of aryl methyl sites for hydroxylation is 1. The Kier molecular flexibility index (Phi) is 3.16. The molecule has 2 unspecified atom stereocenters. The van der Waals surface area contributed by atoms with Crippen molar-refractivity contribution in [2.75, 3.05) is 5.32 Å². The summed E-state index contributed by atoms with van der Waals surface area (Å²) in [6, 6.07) is 9.08. The van der Waals surface area contributed by atoms with Gasteiger partial charge in [0.25, 0.3) is 0 Å². The van der Waals surface area contributed by atoms with E-state index in [0.717, 1.165) is 24.9 Å². The summed E-state index contributed by atoms with van der Waals surface area (Å²) in [5.74, 6) is 1.59. The predicted octanol–water partition coefficient (Wildman–Crippen LogP) is 4.19. The first kappa shape index (κ1) is 15.2. The maximum absolute atomic E-state index is 13.2. The third kappa shape index (κ3) is 2.34. The highest BCUT2D eigenvalue weighted by molar-refractivity contribution is 5.95. The fourth-order valence-electron chi connectivity index (χ4n) is 6.36. The van der Waals surface area contributed by atoms with Crippen LogP contribution < -0.4 is 5.32 Å². The van der Waals surface area contributed by atoms with Crippen molar-refractivity contribution in [1.82, 2.24) is 10.2 Å². The second kappa shape index (κ2) is 5.20. The van der Waals surface area contributed by atoms with Gasteiger partial charge in [-0.2, -0.15) is 5.10 Å². The average Bonchev–Trinajstić information content (AvgIpc) is 3.07. The first-order valence-corrected chi connectivity index (χ1v) is 9.44. The van der Waals surface area contributed by atoms with Crippen molar-refractivity contribution in [3.8, 4) is 0 Å². The molecule has 2 atom stereocenters. The molecular formula is C21H25N3O. The molecule has 4 aliphatic rings. The summed E-state index contributed by atoms with van der Waals surface area (Å²) in [7, 11) is 0. The first-order valence-electron chi connectivity index (χ1n) is 9.44. The van der Waals surface area contributed by atoms with E-state index in [0.29, 0.717) is 11.8 Å². The number of nitrogens with zero attached hydrogens (tertiary/aromatic N) is 1. The van der Waals surface area contributed by atoms with Crippen LogP contribution in [0.5, 0.6) is 0 Å². The van der Waals surface area contributed by atoms with Crippen molar-refractivity contribution in [3.05, 3.63) is 47.8 Å². The number of carbonyl (C=O) groups excluding carboxylic acids is 1. The lowest BCUT2D eigenvalue weighted by molar-refractivity contribution is -0.143. The third-order valence-corrected chi connectivity index (χ3v) is 6.96. The zero-order valence-electron chi connectivity index (χ0n) is 14.7. The number of aromatic nitrogens is 2. The van der Waals surface area contributed by atoms with E-state index < -0.39 is 0 Å². The van der Waals surface area contributed by atoms with E-state index in [-0.39, 0.29) is 16.7 Å². The van der Waals surface area contributed by atoms with Crippen molar-refractivity contribution in [1.29, 1.82) is 0 Å². The number of amides is 1. The number of aromatic amines is 1. The molecule has 2 N–H and O–H groups in total. The number of nitrogens with one attached hydrogen (secondary N) is 2. The van der Waals surface area contributed by atoms with Gasteiger partial charge in [0.05, 0.1) is 17.3 Å². The van der Waals surface area contributed by atoms with Gasteiger partial charge in [-0.15, -0.1) is 0 Å². The maximum Gasteiger partial charge on any atom is 0.230 e. The highest BCUT2D eigenvalue weighted by Crippen LogP contribution is 2.65. The molecule has 1 aromatic heterocycles. The van der Waals surface area contributed by atoms with Crippen LogP contribution in [-0.4, -0.2) is 16.1 Å². The molecule has 6 rings (SSSR count). The number of H-pyrrole nitrogens is 1. The Hall–Kier alpha value is -2.10. The fourth-order valence-corrected chi connectivity index (χ4v) is 6.36. The molecule has 4 saturated carbocycles. The Morgan fingerprint density at radius 3 is 2.52 bits per heavy atom. The fraction of sp³-hybridized carbons (Fsp3) is 0.524. The van der Waals surface area contributed by atoms with Gasteiger partial charge in [-0.05, 0) is 68.3 Å². The minimum Gasteiger partial charge on any atom is -0.323 e. The predicted molar refractivity (Wildman–Crippen MR) is 97.2 cm³/mol. The molecule has 25 heavy (non-hydrogen) atoms. The van der Waals surface area contributed by atoms with E-state index in [1.54, 1.807) is 12.4 Å². The van der Waals surface area contributed by atoms with E-state index in [2.05, 4.69) is 46.7 Å². The van der Waals surface area contributed by atoms with Crippen LogP contribution in [-0.2, 0) is 10.2 Å². The summed E-state index contributed by atoms with van der Waals surface area (Å²) in [5.41, 5.74) is 3.54. The maximum atomic E-state index is 13.2. The van der Waals surface area contributed by atoms with Crippen molar-refractivity contribution < 1.29 is 4.79 Å². The highest BCUT2D eigenvalue weighted by Gasteiger charge is 2.60. The summed E-state index contributed by atoms with van der Waals surface area (Å²) in [6.45, 7) is 2.14. The van der Waals surface area contributed by atoms with Crippen LogP contribution in [0.25, 0.3) is 0 Å². The molecule has 4 fully saturated rings. The monoisotopic (exact) mass is 335 g/mol. The summed E-state index contributed by atoms with van der Waals surface area (Å²) < 4.78 is 0. The molecule has 4 aliphatic carbocycles. The number of anilines is 1. The molecule has 0 aliphatic heterocycles.